The predicted octanol–water partition coefficient (Wildman–Crippen LogP) is -1.05. The summed E-state index contributed by atoms with van der Waals surface area (Å²) >= 11 is 0. The first-order valence-electron chi connectivity index (χ1n) is 8.07. The molecule has 7 nitrogen and oxygen atoms in total. The number of nitrogens with one attached hydrogen (secondary N) is 1. The van der Waals surface area contributed by atoms with Gasteiger partial charge in [0.2, 0.25) is 17.7 Å². The van der Waals surface area contributed by atoms with Crippen molar-refractivity contribution in [1.29, 1.82) is 0 Å². The Balaban J connectivity index is 3.18. The molecule has 1 unspecified atom stereocenters. The van der Waals surface area contributed by atoms with Gasteiger partial charge in [-0.3, -0.25) is 19.3 Å². The monoisotopic (exact) mass is 287 g/mol. The SMILES string of the molecule is [2H]C1([2H])CCC([2H])(C(N)=O)N1[C@@H](CC(C)C)C(=O)NCC(N)=O. The Kier molecular flexibility index (Phi) is 4.39. The second-order valence-electron chi connectivity index (χ2n) is 5.17. The van der Waals surface area contributed by atoms with Crippen molar-refractivity contribution in [2.45, 2.75) is 45.2 Å². The zero-order valence-electron chi connectivity index (χ0n) is 14.8. The number of likely N-dealkylation sites (tertiary alicyclic amines) is 1. The largest absolute Gasteiger partial charge is 0.368 e. The van der Waals surface area contributed by atoms with Gasteiger partial charge in [-0.25, -0.2) is 0 Å². The maximum atomic E-state index is 12.4. The van der Waals surface area contributed by atoms with E-state index in [1.165, 1.54) is 0 Å². The molecule has 0 aromatic heterocycles. The van der Waals surface area contributed by atoms with Crippen molar-refractivity contribution < 1.29 is 18.5 Å². The molecule has 1 saturated heterocycles. The normalized spacial score (nSPS) is 29.2. The number of amides is 3. The minimum Gasteiger partial charge on any atom is -0.368 e. The lowest BCUT2D eigenvalue weighted by Crippen LogP contribution is -2.53. The van der Waals surface area contributed by atoms with Crippen molar-refractivity contribution in [3.63, 3.8) is 0 Å². The Morgan fingerprint density at radius 1 is 1.45 bits per heavy atom. The number of nitrogens with two attached hydrogens (primary N) is 2. The highest BCUT2D eigenvalue weighted by atomic mass is 16.2. The Morgan fingerprint density at radius 3 is 2.60 bits per heavy atom. The van der Waals surface area contributed by atoms with E-state index in [9.17, 15) is 14.4 Å². The van der Waals surface area contributed by atoms with E-state index >= 15 is 0 Å². The number of nitrogens with zero attached hydrogens (tertiary/aromatic N) is 1. The molecule has 0 saturated carbocycles. The van der Waals surface area contributed by atoms with Crippen molar-refractivity contribution in [2.24, 2.45) is 17.4 Å². The molecule has 2 atom stereocenters. The third kappa shape index (κ3) is 4.48. The van der Waals surface area contributed by atoms with Gasteiger partial charge in [-0.2, -0.15) is 0 Å². The zero-order chi connectivity index (χ0) is 18.0. The quantitative estimate of drug-likeness (QED) is 0.553. The van der Waals surface area contributed by atoms with E-state index in [2.05, 4.69) is 5.32 Å². The highest BCUT2D eigenvalue weighted by Gasteiger charge is 2.37. The van der Waals surface area contributed by atoms with Crippen LogP contribution in [-0.4, -0.2) is 47.7 Å². The second-order valence-corrected chi connectivity index (χ2v) is 5.17. The number of hydrogen-bond donors (Lipinski definition) is 3. The van der Waals surface area contributed by atoms with Gasteiger partial charge < -0.3 is 16.8 Å². The van der Waals surface area contributed by atoms with E-state index in [1.54, 1.807) is 0 Å². The Hall–Kier alpha value is -1.63. The first-order chi connectivity index (χ1) is 10.4. The summed E-state index contributed by atoms with van der Waals surface area (Å²) in [6, 6.07) is -3.11. The molecular weight excluding hydrogens is 260 g/mol. The predicted molar refractivity (Wildman–Crippen MR) is 74.4 cm³/mol. The summed E-state index contributed by atoms with van der Waals surface area (Å²) in [4.78, 5) is 35.9. The molecule has 1 aliphatic rings. The molecule has 114 valence electrons. The molecule has 0 aromatic rings. The van der Waals surface area contributed by atoms with Crippen LogP contribution in [0, 0.1) is 5.92 Å². The van der Waals surface area contributed by atoms with Gasteiger partial charge in [0.1, 0.15) is 0 Å². The third-order valence-electron chi connectivity index (χ3n) is 2.97. The van der Waals surface area contributed by atoms with Crippen molar-refractivity contribution in [2.75, 3.05) is 13.0 Å². The van der Waals surface area contributed by atoms with E-state index in [-0.39, 0.29) is 25.2 Å². The Morgan fingerprint density at radius 2 is 2.10 bits per heavy atom. The number of hydrogen-bond acceptors (Lipinski definition) is 4. The topological polar surface area (TPSA) is 119 Å². The lowest BCUT2D eigenvalue weighted by molar-refractivity contribution is -0.132. The van der Waals surface area contributed by atoms with E-state index in [0.29, 0.717) is 0 Å². The van der Waals surface area contributed by atoms with Crippen LogP contribution in [0.1, 0.15) is 37.2 Å². The zero-order valence-corrected chi connectivity index (χ0v) is 11.8. The molecule has 0 aliphatic carbocycles. The standard InChI is InChI=1S/C13H24N4O3/c1-8(2)6-10(13(20)16-7-11(14)18)17-5-3-4-9(17)12(15)19/h8-10H,3-7H2,1-2H3,(H2,14,18)(H2,15,19)(H,16,20)/t9?,10-/m0/s1/i5D2,9D. The smallest absolute Gasteiger partial charge is 0.237 e. The van der Waals surface area contributed by atoms with Gasteiger partial charge in [0.15, 0.2) is 0 Å². The highest BCUT2D eigenvalue weighted by Crippen LogP contribution is 2.23. The van der Waals surface area contributed by atoms with E-state index in [1.807, 2.05) is 13.8 Å². The lowest BCUT2D eigenvalue weighted by Gasteiger charge is -2.31. The molecule has 0 aromatic carbocycles. The molecular formula is C13H24N4O3. The molecule has 7 heteroatoms. The van der Waals surface area contributed by atoms with Gasteiger partial charge in [-0.05, 0) is 31.7 Å². The average molecular weight is 287 g/mol. The maximum Gasteiger partial charge on any atom is 0.237 e. The molecule has 3 amide bonds. The van der Waals surface area contributed by atoms with Crippen molar-refractivity contribution in [1.82, 2.24) is 10.2 Å². The summed E-state index contributed by atoms with van der Waals surface area (Å²) in [6.45, 7) is 1.23. The fourth-order valence-electron chi connectivity index (χ4n) is 2.12. The van der Waals surface area contributed by atoms with Gasteiger partial charge in [-0.15, -0.1) is 0 Å². The number of carbonyl (C=O) groups is 3. The highest BCUT2D eigenvalue weighted by molar-refractivity contribution is 5.88. The Labute approximate surface area is 123 Å². The average Bonchev–Trinajstić information content (AvgIpc) is 2.65. The van der Waals surface area contributed by atoms with Crippen LogP contribution in [-0.2, 0) is 14.4 Å². The molecule has 5 N–H and O–H groups in total. The first-order valence-corrected chi connectivity index (χ1v) is 6.57. The van der Waals surface area contributed by atoms with E-state index in [4.69, 9.17) is 15.6 Å². The number of primary amides is 2. The first kappa shape index (κ1) is 12.1. The molecule has 0 bridgehead atoms. The lowest BCUT2D eigenvalue weighted by atomic mass is 10.0. The third-order valence-corrected chi connectivity index (χ3v) is 2.97. The van der Waals surface area contributed by atoms with Crippen molar-refractivity contribution in [3.05, 3.63) is 0 Å². The van der Waals surface area contributed by atoms with Gasteiger partial charge in [-0.1, -0.05) is 13.8 Å². The molecule has 0 spiro atoms. The van der Waals surface area contributed by atoms with Crippen LogP contribution in [0.5, 0.6) is 0 Å². The summed E-state index contributed by atoms with van der Waals surface area (Å²) in [6.07, 6.45) is 0.0160. The van der Waals surface area contributed by atoms with Crippen molar-refractivity contribution >= 4 is 17.7 Å². The summed E-state index contributed by atoms with van der Waals surface area (Å²) in [5.41, 5.74) is 10.3. The summed E-state index contributed by atoms with van der Waals surface area (Å²) in [7, 11) is 0. The molecule has 1 rings (SSSR count). The van der Waals surface area contributed by atoms with Gasteiger partial charge >= 0.3 is 0 Å². The minimum atomic E-state index is -2.03. The Bertz CT molecular complexity index is 501. The summed E-state index contributed by atoms with van der Waals surface area (Å²) < 4.78 is 24.4. The van der Waals surface area contributed by atoms with Crippen LogP contribution in [0.4, 0.5) is 0 Å². The molecule has 1 fully saturated rings. The van der Waals surface area contributed by atoms with Gasteiger partial charge in [0, 0.05) is 2.74 Å². The summed E-state index contributed by atoms with van der Waals surface area (Å²) in [5, 5.41) is 2.32. The number of rotatable bonds is 7. The van der Waals surface area contributed by atoms with Crippen LogP contribution in [0.2, 0.25) is 0 Å². The van der Waals surface area contributed by atoms with E-state index < -0.39 is 42.8 Å². The van der Waals surface area contributed by atoms with Gasteiger partial charge in [0.05, 0.1) is 20.0 Å². The van der Waals surface area contributed by atoms with Crippen LogP contribution in [0.15, 0.2) is 0 Å². The number of carbonyl (C=O) groups excluding carboxylic acids is 3. The van der Waals surface area contributed by atoms with Crippen molar-refractivity contribution in [3.8, 4) is 0 Å². The molecule has 1 aliphatic heterocycles. The van der Waals surface area contributed by atoms with Gasteiger partial charge in [0.25, 0.3) is 0 Å². The molecule has 0 radical (unpaired) electrons. The van der Waals surface area contributed by atoms with Crippen LogP contribution in [0.3, 0.4) is 0 Å². The molecule has 20 heavy (non-hydrogen) atoms. The fourth-order valence-corrected chi connectivity index (χ4v) is 2.12. The van der Waals surface area contributed by atoms with Crippen LogP contribution in [0.25, 0.3) is 0 Å². The fraction of sp³-hybridized carbons (Fsp3) is 0.769. The van der Waals surface area contributed by atoms with Crippen LogP contribution < -0.4 is 16.8 Å². The minimum absolute atomic E-state index is 0.00662. The molecule has 1 heterocycles. The maximum absolute atomic E-state index is 12.4. The summed E-state index contributed by atoms with van der Waals surface area (Å²) in [5.74, 6) is -2.40. The second kappa shape index (κ2) is 7.23. The van der Waals surface area contributed by atoms with Crippen LogP contribution >= 0.6 is 0 Å². The van der Waals surface area contributed by atoms with E-state index in [0.717, 1.165) is 4.90 Å².